The summed E-state index contributed by atoms with van der Waals surface area (Å²) in [7, 11) is 0. The summed E-state index contributed by atoms with van der Waals surface area (Å²) in [5.41, 5.74) is 1.03. The zero-order valence-corrected chi connectivity index (χ0v) is 9.58. The number of hydrogen-bond acceptors (Lipinski definition) is 1. The van der Waals surface area contributed by atoms with Crippen LogP contribution in [0.1, 0.15) is 26.3 Å². The molecular formula is C10H14Cl2O. The second-order valence-corrected chi connectivity index (χ2v) is 3.08. The van der Waals surface area contributed by atoms with E-state index in [1.807, 2.05) is 20.8 Å². The highest BCUT2D eigenvalue weighted by Crippen LogP contribution is 2.32. The maximum atomic E-state index is 9.16. The first-order valence-electron chi connectivity index (χ1n) is 4.32. The molecule has 0 amide bonds. The number of hydrogen-bond donors (Lipinski definition) is 1. The van der Waals surface area contributed by atoms with E-state index in [0.717, 1.165) is 12.0 Å². The molecule has 74 valence electrons. The Labute approximate surface area is 89.3 Å². The Hall–Kier alpha value is -0.400. The van der Waals surface area contributed by atoms with Gasteiger partial charge in [0.2, 0.25) is 0 Å². The van der Waals surface area contributed by atoms with Gasteiger partial charge < -0.3 is 5.11 Å². The van der Waals surface area contributed by atoms with Gasteiger partial charge in [0.1, 0.15) is 0 Å². The van der Waals surface area contributed by atoms with Crippen molar-refractivity contribution in [3.63, 3.8) is 0 Å². The van der Waals surface area contributed by atoms with E-state index in [4.69, 9.17) is 28.3 Å². The van der Waals surface area contributed by atoms with Crippen LogP contribution < -0.4 is 0 Å². The molecule has 13 heavy (non-hydrogen) atoms. The molecular weight excluding hydrogens is 207 g/mol. The summed E-state index contributed by atoms with van der Waals surface area (Å²) >= 11 is 11.3. The summed E-state index contributed by atoms with van der Waals surface area (Å²) in [6.45, 7) is 6.00. The molecule has 0 fully saturated rings. The van der Waals surface area contributed by atoms with Crippen molar-refractivity contribution < 1.29 is 5.11 Å². The minimum atomic E-state index is -0.0365. The molecule has 1 rings (SSSR count). The van der Waals surface area contributed by atoms with Crippen LogP contribution in [0.4, 0.5) is 0 Å². The van der Waals surface area contributed by atoms with E-state index in [9.17, 15) is 0 Å². The number of halogens is 2. The second kappa shape index (κ2) is 6.11. The molecule has 0 bridgehead atoms. The zero-order chi connectivity index (χ0) is 10.4. The number of rotatable bonds is 1. The molecule has 0 aliphatic heterocycles. The van der Waals surface area contributed by atoms with Crippen LogP contribution in [-0.2, 0) is 6.42 Å². The monoisotopic (exact) mass is 220 g/mol. The van der Waals surface area contributed by atoms with Crippen molar-refractivity contribution in [2.45, 2.75) is 27.2 Å². The van der Waals surface area contributed by atoms with Crippen LogP contribution in [0.2, 0.25) is 10.0 Å². The number of aromatic hydroxyl groups is 1. The van der Waals surface area contributed by atoms with E-state index in [-0.39, 0.29) is 5.75 Å². The first kappa shape index (κ1) is 12.6. The molecule has 0 heterocycles. The lowest BCUT2D eigenvalue weighted by molar-refractivity contribution is 0.475. The fraction of sp³-hybridized carbons (Fsp3) is 0.400. The molecule has 3 heteroatoms. The minimum absolute atomic E-state index is 0.0365. The molecule has 0 aliphatic rings. The van der Waals surface area contributed by atoms with Crippen molar-refractivity contribution in [1.29, 1.82) is 0 Å². The lowest BCUT2D eigenvalue weighted by atomic mass is 10.2. The van der Waals surface area contributed by atoms with Gasteiger partial charge in [-0.3, -0.25) is 0 Å². The zero-order valence-electron chi connectivity index (χ0n) is 8.06. The Morgan fingerprint density at radius 3 is 1.85 bits per heavy atom. The topological polar surface area (TPSA) is 20.2 Å². The van der Waals surface area contributed by atoms with Gasteiger partial charge in [-0.05, 0) is 24.1 Å². The van der Waals surface area contributed by atoms with Gasteiger partial charge in [-0.2, -0.15) is 0 Å². The highest BCUT2D eigenvalue weighted by atomic mass is 35.5. The molecule has 0 aromatic heterocycles. The lowest BCUT2D eigenvalue weighted by Crippen LogP contribution is -1.80. The van der Waals surface area contributed by atoms with Crippen LogP contribution in [0.3, 0.4) is 0 Å². The van der Waals surface area contributed by atoms with Gasteiger partial charge in [-0.1, -0.05) is 44.0 Å². The van der Waals surface area contributed by atoms with Gasteiger partial charge in [0.15, 0.2) is 5.75 Å². The van der Waals surface area contributed by atoms with Gasteiger partial charge in [0.25, 0.3) is 0 Å². The normalized spacial score (nSPS) is 9.00. The smallest absolute Gasteiger partial charge is 0.152 e. The molecule has 0 aliphatic carbocycles. The summed E-state index contributed by atoms with van der Waals surface area (Å²) < 4.78 is 0. The standard InChI is InChI=1S/C8H8Cl2O.C2H6/c1-2-5-3-6(9)8(11)7(10)4-5;1-2/h3-4,11H,2H2,1H3;1-2H3. The van der Waals surface area contributed by atoms with Crippen molar-refractivity contribution in [3.8, 4) is 5.75 Å². The molecule has 1 aromatic rings. The van der Waals surface area contributed by atoms with Crippen molar-refractivity contribution in [2.24, 2.45) is 0 Å². The summed E-state index contributed by atoms with van der Waals surface area (Å²) in [6.07, 6.45) is 0.861. The molecule has 0 atom stereocenters. The lowest BCUT2D eigenvalue weighted by Gasteiger charge is -2.02. The molecule has 1 nitrogen and oxygen atoms in total. The maximum Gasteiger partial charge on any atom is 0.152 e. The van der Waals surface area contributed by atoms with E-state index >= 15 is 0 Å². The van der Waals surface area contributed by atoms with Gasteiger partial charge >= 0.3 is 0 Å². The largest absolute Gasteiger partial charge is 0.505 e. The predicted molar refractivity (Wildman–Crippen MR) is 58.9 cm³/mol. The van der Waals surface area contributed by atoms with E-state index in [1.165, 1.54) is 0 Å². The van der Waals surface area contributed by atoms with Crippen LogP contribution in [0.25, 0.3) is 0 Å². The van der Waals surface area contributed by atoms with Gasteiger partial charge in [0, 0.05) is 0 Å². The summed E-state index contributed by atoms with van der Waals surface area (Å²) in [6, 6.07) is 3.42. The van der Waals surface area contributed by atoms with Gasteiger partial charge in [-0.25, -0.2) is 0 Å². The maximum absolute atomic E-state index is 9.16. The second-order valence-electron chi connectivity index (χ2n) is 2.26. The Bertz CT molecular complexity index is 249. The van der Waals surface area contributed by atoms with E-state index in [1.54, 1.807) is 12.1 Å². The Morgan fingerprint density at radius 2 is 1.54 bits per heavy atom. The molecule has 1 N–H and O–H groups in total. The first-order chi connectivity index (χ1) is 6.15. The number of aryl methyl sites for hydroxylation is 1. The quantitative estimate of drug-likeness (QED) is 0.749. The molecule has 0 radical (unpaired) electrons. The van der Waals surface area contributed by atoms with Crippen molar-refractivity contribution in [2.75, 3.05) is 0 Å². The van der Waals surface area contributed by atoms with Crippen LogP contribution in [0.15, 0.2) is 12.1 Å². The third-order valence-corrected chi connectivity index (χ3v) is 2.06. The number of phenols is 1. The summed E-state index contributed by atoms with van der Waals surface area (Å²) in [5, 5.41) is 9.79. The van der Waals surface area contributed by atoms with Crippen LogP contribution in [0, 0.1) is 0 Å². The SMILES string of the molecule is CC.CCc1cc(Cl)c(O)c(Cl)c1. The van der Waals surface area contributed by atoms with Crippen LogP contribution in [-0.4, -0.2) is 5.11 Å². The minimum Gasteiger partial charge on any atom is -0.505 e. The number of benzene rings is 1. The van der Waals surface area contributed by atoms with Gasteiger partial charge in [0.05, 0.1) is 10.0 Å². The Balaban J connectivity index is 0.000000671. The highest BCUT2D eigenvalue weighted by molar-refractivity contribution is 6.37. The molecule has 0 saturated heterocycles. The molecule has 0 spiro atoms. The average molecular weight is 221 g/mol. The fourth-order valence-corrected chi connectivity index (χ4v) is 1.35. The van der Waals surface area contributed by atoms with E-state index < -0.39 is 0 Å². The van der Waals surface area contributed by atoms with Gasteiger partial charge in [-0.15, -0.1) is 0 Å². The number of phenolic OH excluding ortho intramolecular Hbond substituents is 1. The first-order valence-corrected chi connectivity index (χ1v) is 5.07. The Morgan fingerprint density at radius 1 is 1.15 bits per heavy atom. The van der Waals surface area contributed by atoms with E-state index in [2.05, 4.69) is 0 Å². The third-order valence-electron chi connectivity index (χ3n) is 1.48. The fourth-order valence-electron chi connectivity index (χ4n) is 0.822. The van der Waals surface area contributed by atoms with Crippen molar-refractivity contribution >= 4 is 23.2 Å². The van der Waals surface area contributed by atoms with Crippen molar-refractivity contribution in [3.05, 3.63) is 27.7 Å². The third kappa shape index (κ3) is 3.45. The Kier molecular flexibility index (Phi) is 5.93. The van der Waals surface area contributed by atoms with E-state index in [0.29, 0.717) is 10.0 Å². The summed E-state index contributed by atoms with van der Waals surface area (Å²) in [4.78, 5) is 0. The highest BCUT2D eigenvalue weighted by Gasteiger charge is 2.04. The average Bonchev–Trinajstić information content (AvgIpc) is 2.16. The predicted octanol–water partition coefficient (Wildman–Crippen LogP) is 4.29. The molecule has 0 unspecified atom stereocenters. The van der Waals surface area contributed by atoms with Crippen LogP contribution in [0.5, 0.6) is 5.75 Å². The summed E-state index contributed by atoms with van der Waals surface area (Å²) in [5.74, 6) is -0.0365. The molecule has 1 aromatic carbocycles. The van der Waals surface area contributed by atoms with Crippen LogP contribution >= 0.6 is 23.2 Å². The van der Waals surface area contributed by atoms with Crippen molar-refractivity contribution in [1.82, 2.24) is 0 Å². The molecule has 0 saturated carbocycles.